The minimum atomic E-state index is -4.00. The molecule has 0 radical (unpaired) electrons. The predicted molar refractivity (Wildman–Crippen MR) is 46.0 cm³/mol. The molecule has 0 atom stereocenters. The van der Waals surface area contributed by atoms with Gasteiger partial charge in [0.05, 0.1) is 18.9 Å². The molecule has 0 amide bonds. The zero-order valence-electron chi connectivity index (χ0n) is 7.09. The quantitative estimate of drug-likeness (QED) is 0.388. The Hall–Kier alpha value is -0.500. The van der Waals surface area contributed by atoms with Crippen LogP contribution < -0.4 is 0 Å². The number of nitrogens with zero attached hydrogens (tertiary/aromatic N) is 1. The van der Waals surface area contributed by atoms with Crippen LogP contribution in [0.25, 0.3) is 0 Å². The summed E-state index contributed by atoms with van der Waals surface area (Å²) in [4.78, 5) is 11.5. The van der Waals surface area contributed by atoms with Crippen molar-refractivity contribution >= 4 is 16.4 Å². The van der Waals surface area contributed by atoms with E-state index in [2.05, 4.69) is 0 Å². The molecule has 0 spiro atoms. The summed E-state index contributed by atoms with van der Waals surface area (Å²) in [5.41, 5.74) is 0. The summed E-state index contributed by atoms with van der Waals surface area (Å²) >= 11 is 0. The third-order valence-electron chi connectivity index (χ3n) is 1.41. The molecule has 0 bridgehead atoms. The van der Waals surface area contributed by atoms with E-state index in [1.54, 1.807) is 0 Å². The molecule has 6 nitrogen and oxygen atoms in total. The summed E-state index contributed by atoms with van der Waals surface area (Å²) in [7, 11) is -4.00. The molecule has 0 saturated heterocycles. The van der Waals surface area contributed by atoms with Gasteiger partial charge in [0.25, 0.3) is 10.1 Å². The summed E-state index contributed by atoms with van der Waals surface area (Å²) in [6.45, 7) is 0.155. The Morgan fingerprint density at radius 3 is 2.31 bits per heavy atom. The number of aliphatic hydroxyl groups is 1. The fourth-order valence-electron chi connectivity index (χ4n) is 0.786. The van der Waals surface area contributed by atoms with Crippen molar-refractivity contribution in [1.82, 2.24) is 4.90 Å². The highest BCUT2D eigenvalue weighted by Crippen LogP contribution is 1.89. The van der Waals surface area contributed by atoms with E-state index >= 15 is 0 Å². The van der Waals surface area contributed by atoms with E-state index in [-0.39, 0.29) is 26.2 Å². The van der Waals surface area contributed by atoms with Crippen molar-refractivity contribution in [3.05, 3.63) is 0 Å². The summed E-state index contributed by atoms with van der Waals surface area (Å²) in [6, 6.07) is 0. The smallest absolute Gasteiger partial charge is 0.266 e. The lowest BCUT2D eigenvalue weighted by atomic mass is 10.5. The second-order valence-electron chi connectivity index (χ2n) is 2.48. The monoisotopic (exact) mass is 211 g/mol. The molecule has 2 N–H and O–H groups in total. The van der Waals surface area contributed by atoms with E-state index in [4.69, 9.17) is 9.66 Å². The van der Waals surface area contributed by atoms with E-state index in [1.165, 1.54) is 4.90 Å². The SMILES string of the molecule is O=CCN(CCO)CCS(=O)(=O)O. The van der Waals surface area contributed by atoms with Gasteiger partial charge in [-0.3, -0.25) is 9.45 Å². The molecule has 0 unspecified atom stereocenters. The summed E-state index contributed by atoms with van der Waals surface area (Å²) in [5.74, 6) is -0.430. The number of carbonyl (C=O) groups is 1. The fourth-order valence-corrected chi connectivity index (χ4v) is 1.27. The van der Waals surface area contributed by atoms with Gasteiger partial charge in [0.15, 0.2) is 0 Å². The Balaban J connectivity index is 3.88. The van der Waals surface area contributed by atoms with Gasteiger partial charge < -0.3 is 9.90 Å². The van der Waals surface area contributed by atoms with Gasteiger partial charge in [-0.15, -0.1) is 0 Å². The third-order valence-corrected chi connectivity index (χ3v) is 2.11. The lowest BCUT2D eigenvalue weighted by Crippen LogP contribution is -2.33. The average molecular weight is 211 g/mol. The van der Waals surface area contributed by atoms with Crippen LogP contribution in [-0.4, -0.2) is 61.3 Å². The summed E-state index contributed by atoms with van der Waals surface area (Å²) in [5, 5.41) is 8.52. The van der Waals surface area contributed by atoms with Gasteiger partial charge in [-0.2, -0.15) is 8.42 Å². The predicted octanol–water partition coefficient (Wildman–Crippen LogP) is -1.63. The Morgan fingerprint density at radius 1 is 1.31 bits per heavy atom. The lowest BCUT2D eigenvalue weighted by molar-refractivity contribution is -0.108. The zero-order valence-corrected chi connectivity index (χ0v) is 7.90. The maximum atomic E-state index is 10.3. The van der Waals surface area contributed by atoms with E-state index in [0.717, 1.165) is 0 Å². The molecule has 7 heteroatoms. The summed E-state index contributed by atoms with van der Waals surface area (Å²) in [6.07, 6.45) is 0.611. The van der Waals surface area contributed by atoms with Gasteiger partial charge in [0, 0.05) is 13.1 Å². The molecule has 0 aliphatic carbocycles. The number of rotatable bonds is 7. The first-order valence-electron chi connectivity index (χ1n) is 3.71. The molecule has 0 aromatic carbocycles. The Labute approximate surface area is 76.9 Å². The molecule has 0 aromatic heterocycles. The van der Waals surface area contributed by atoms with Crippen molar-refractivity contribution in [1.29, 1.82) is 0 Å². The molecular formula is C6H13NO5S. The van der Waals surface area contributed by atoms with Crippen molar-refractivity contribution in [2.24, 2.45) is 0 Å². The molecule has 13 heavy (non-hydrogen) atoms. The van der Waals surface area contributed by atoms with Crippen LogP contribution in [0, 0.1) is 0 Å². The molecule has 0 rings (SSSR count). The normalized spacial score (nSPS) is 11.9. The highest BCUT2D eigenvalue weighted by atomic mass is 32.2. The first-order chi connectivity index (χ1) is 5.99. The van der Waals surface area contributed by atoms with Crippen molar-refractivity contribution < 1.29 is 22.9 Å². The Kier molecular flexibility index (Phi) is 5.80. The Morgan fingerprint density at radius 2 is 1.92 bits per heavy atom. The topological polar surface area (TPSA) is 94.9 Å². The molecule has 0 aliphatic heterocycles. The largest absolute Gasteiger partial charge is 0.395 e. The number of aldehydes is 1. The number of hydrogen-bond acceptors (Lipinski definition) is 5. The van der Waals surface area contributed by atoms with Gasteiger partial charge in [-0.05, 0) is 0 Å². The van der Waals surface area contributed by atoms with Crippen LogP contribution in [0.3, 0.4) is 0 Å². The Bertz CT molecular complexity index is 237. The minimum absolute atomic E-state index is 0.0398. The fraction of sp³-hybridized carbons (Fsp3) is 0.833. The third kappa shape index (κ3) is 7.85. The zero-order chi connectivity index (χ0) is 10.3. The van der Waals surface area contributed by atoms with Gasteiger partial charge >= 0.3 is 0 Å². The highest BCUT2D eigenvalue weighted by molar-refractivity contribution is 7.85. The van der Waals surface area contributed by atoms with Gasteiger partial charge in [0.1, 0.15) is 6.29 Å². The van der Waals surface area contributed by atoms with Gasteiger partial charge in [-0.1, -0.05) is 0 Å². The summed E-state index contributed by atoms with van der Waals surface area (Å²) < 4.78 is 29.0. The van der Waals surface area contributed by atoms with E-state index in [1.807, 2.05) is 0 Å². The van der Waals surface area contributed by atoms with Crippen LogP contribution in [0.1, 0.15) is 0 Å². The van der Waals surface area contributed by atoms with Gasteiger partial charge in [-0.25, -0.2) is 0 Å². The van der Waals surface area contributed by atoms with Crippen molar-refractivity contribution in [2.45, 2.75) is 0 Å². The van der Waals surface area contributed by atoms with E-state index in [0.29, 0.717) is 6.29 Å². The standard InChI is InChI=1S/C6H13NO5S/c8-4-1-7(2-5-9)3-6-13(10,11)12/h4,9H,1-3,5-6H2,(H,10,11,12). The van der Waals surface area contributed by atoms with Crippen molar-refractivity contribution in [2.75, 3.05) is 32.0 Å². The van der Waals surface area contributed by atoms with Crippen LogP contribution in [0.15, 0.2) is 0 Å². The molecule has 0 fully saturated rings. The van der Waals surface area contributed by atoms with Crippen molar-refractivity contribution in [3.8, 4) is 0 Å². The molecule has 0 aromatic rings. The number of aliphatic hydroxyl groups excluding tert-OH is 1. The van der Waals surface area contributed by atoms with Crippen LogP contribution in [0.4, 0.5) is 0 Å². The van der Waals surface area contributed by atoms with Crippen LogP contribution in [-0.2, 0) is 14.9 Å². The van der Waals surface area contributed by atoms with E-state index in [9.17, 15) is 13.2 Å². The maximum Gasteiger partial charge on any atom is 0.266 e. The minimum Gasteiger partial charge on any atom is -0.395 e. The first-order valence-corrected chi connectivity index (χ1v) is 5.32. The van der Waals surface area contributed by atoms with E-state index < -0.39 is 15.9 Å². The van der Waals surface area contributed by atoms with Crippen LogP contribution in [0.2, 0.25) is 0 Å². The molecular weight excluding hydrogens is 198 g/mol. The lowest BCUT2D eigenvalue weighted by Gasteiger charge is -2.16. The highest BCUT2D eigenvalue weighted by Gasteiger charge is 2.09. The molecule has 0 aliphatic rings. The first kappa shape index (κ1) is 12.5. The molecule has 78 valence electrons. The number of carbonyl (C=O) groups excluding carboxylic acids is 1. The number of hydrogen-bond donors (Lipinski definition) is 2. The van der Waals surface area contributed by atoms with Crippen molar-refractivity contribution in [3.63, 3.8) is 0 Å². The maximum absolute atomic E-state index is 10.3. The van der Waals surface area contributed by atoms with Crippen LogP contribution >= 0.6 is 0 Å². The second-order valence-corrected chi connectivity index (χ2v) is 4.05. The average Bonchev–Trinajstić information content (AvgIpc) is 2.00. The van der Waals surface area contributed by atoms with Gasteiger partial charge in [0.2, 0.25) is 0 Å². The molecule has 0 saturated carbocycles. The molecule has 0 heterocycles. The second kappa shape index (κ2) is 6.03. The van der Waals surface area contributed by atoms with Crippen LogP contribution in [0.5, 0.6) is 0 Å².